The first-order valence-corrected chi connectivity index (χ1v) is 6.42. The Labute approximate surface area is 115 Å². The molecule has 1 aromatic carbocycles. The minimum atomic E-state index is -0.756. The highest BCUT2D eigenvalue weighted by molar-refractivity contribution is 9.10. The second-order valence-electron chi connectivity index (χ2n) is 5.07. The Morgan fingerprint density at radius 3 is 2.61 bits per heavy atom. The highest BCUT2D eigenvalue weighted by atomic mass is 79.9. The zero-order valence-electron chi connectivity index (χ0n) is 10.9. The van der Waals surface area contributed by atoms with Crippen LogP contribution in [0, 0.1) is 5.82 Å². The van der Waals surface area contributed by atoms with Gasteiger partial charge in [0.1, 0.15) is 0 Å². The van der Waals surface area contributed by atoms with Gasteiger partial charge in [0.2, 0.25) is 0 Å². The van der Waals surface area contributed by atoms with E-state index in [1.807, 2.05) is 20.8 Å². The van der Waals surface area contributed by atoms with Crippen molar-refractivity contribution in [3.8, 4) is 5.75 Å². The molecule has 0 aliphatic heterocycles. The van der Waals surface area contributed by atoms with E-state index in [2.05, 4.69) is 21.2 Å². The van der Waals surface area contributed by atoms with Crippen LogP contribution in [0.25, 0.3) is 0 Å². The molecule has 0 spiro atoms. The normalized spacial score (nSPS) is 13.0. The number of hydrogen-bond donors (Lipinski definition) is 1. The molecule has 0 bridgehead atoms. The van der Waals surface area contributed by atoms with Crippen LogP contribution in [0.2, 0.25) is 0 Å². The molecule has 3 nitrogen and oxygen atoms in total. The number of rotatable bonds is 3. The lowest BCUT2D eigenvalue weighted by Gasteiger charge is -2.23. The predicted molar refractivity (Wildman–Crippen MR) is 72.1 cm³/mol. The Morgan fingerprint density at radius 2 is 2.06 bits per heavy atom. The van der Waals surface area contributed by atoms with E-state index in [9.17, 15) is 9.18 Å². The van der Waals surface area contributed by atoms with Crippen LogP contribution in [0.15, 0.2) is 22.7 Å². The van der Waals surface area contributed by atoms with Gasteiger partial charge in [-0.25, -0.2) is 4.39 Å². The molecule has 1 aromatic rings. The number of carbonyl (C=O) groups is 1. The molecule has 0 aliphatic rings. The highest BCUT2D eigenvalue weighted by Gasteiger charge is 2.21. The SMILES string of the molecule is CC(Oc1cc(Br)ccc1F)C(=O)NC(C)(C)C. The molecule has 0 fully saturated rings. The Balaban J connectivity index is 2.72. The predicted octanol–water partition coefficient (Wildman–Crippen LogP) is 3.27. The summed E-state index contributed by atoms with van der Waals surface area (Å²) in [7, 11) is 0. The smallest absolute Gasteiger partial charge is 0.261 e. The largest absolute Gasteiger partial charge is 0.478 e. The summed E-state index contributed by atoms with van der Waals surface area (Å²) in [4.78, 5) is 11.8. The summed E-state index contributed by atoms with van der Waals surface area (Å²) in [5.41, 5.74) is -0.343. The average molecular weight is 318 g/mol. The van der Waals surface area contributed by atoms with Crippen LogP contribution in [0.3, 0.4) is 0 Å². The fourth-order valence-electron chi connectivity index (χ4n) is 1.28. The molecule has 0 radical (unpaired) electrons. The maximum absolute atomic E-state index is 13.5. The minimum Gasteiger partial charge on any atom is -0.478 e. The van der Waals surface area contributed by atoms with E-state index in [-0.39, 0.29) is 17.2 Å². The van der Waals surface area contributed by atoms with Crippen LogP contribution in [-0.2, 0) is 4.79 Å². The molecule has 18 heavy (non-hydrogen) atoms. The summed E-state index contributed by atoms with van der Waals surface area (Å²) in [5, 5.41) is 2.78. The molecule has 1 atom stereocenters. The van der Waals surface area contributed by atoms with Crippen LogP contribution >= 0.6 is 15.9 Å². The Bertz CT molecular complexity index is 443. The van der Waals surface area contributed by atoms with Gasteiger partial charge in [-0.3, -0.25) is 4.79 Å². The van der Waals surface area contributed by atoms with Gasteiger partial charge in [0, 0.05) is 10.0 Å². The molecule has 5 heteroatoms. The van der Waals surface area contributed by atoms with E-state index in [1.165, 1.54) is 12.1 Å². The third-order valence-electron chi connectivity index (χ3n) is 2.06. The van der Waals surface area contributed by atoms with E-state index in [0.29, 0.717) is 4.47 Å². The molecular formula is C13H17BrFNO2. The molecule has 100 valence electrons. The van der Waals surface area contributed by atoms with Crippen molar-refractivity contribution in [2.45, 2.75) is 39.3 Å². The lowest BCUT2D eigenvalue weighted by atomic mass is 10.1. The third-order valence-corrected chi connectivity index (χ3v) is 2.56. The van der Waals surface area contributed by atoms with Crippen molar-refractivity contribution < 1.29 is 13.9 Å². The first-order chi connectivity index (χ1) is 8.19. The van der Waals surface area contributed by atoms with Crippen molar-refractivity contribution >= 4 is 21.8 Å². The van der Waals surface area contributed by atoms with Gasteiger partial charge >= 0.3 is 0 Å². The van der Waals surface area contributed by atoms with Crippen LogP contribution in [0.5, 0.6) is 5.75 Å². The molecule has 0 heterocycles. The van der Waals surface area contributed by atoms with Gasteiger partial charge in [-0.15, -0.1) is 0 Å². The molecule has 1 N–H and O–H groups in total. The average Bonchev–Trinajstić information content (AvgIpc) is 2.21. The van der Waals surface area contributed by atoms with Crippen molar-refractivity contribution in [3.05, 3.63) is 28.5 Å². The number of ether oxygens (including phenoxy) is 1. The van der Waals surface area contributed by atoms with Gasteiger partial charge in [0.05, 0.1) is 0 Å². The second-order valence-corrected chi connectivity index (χ2v) is 5.99. The van der Waals surface area contributed by atoms with Gasteiger partial charge in [0.15, 0.2) is 17.7 Å². The summed E-state index contributed by atoms with van der Waals surface area (Å²) in [6.45, 7) is 7.20. The van der Waals surface area contributed by atoms with Gasteiger partial charge in [-0.1, -0.05) is 15.9 Å². The van der Waals surface area contributed by atoms with Gasteiger partial charge in [-0.05, 0) is 45.9 Å². The van der Waals surface area contributed by atoms with Crippen molar-refractivity contribution in [2.75, 3.05) is 0 Å². The molecule has 1 unspecified atom stereocenters. The molecule has 0 aromatic heterocycles. The minimum absolute atomic E-state index is 0.0564. The van der Waals surface area contributed by atoms with Gasteiger partial charge in [-0.2, -0.15) is 0 Å². The highest BCUT2D eigenvalue weighted by Crippen LogP contribution is 2.23. The zero-order chi connectivity index (χ0) is 13.9. The van der Waals surface area contributed by atoms with E-state index >= 15 is 0 Å². The fourth-order valence-corrected chi connectivity index (χ4v) is 1.62. The molecule has 0 aliphatic carbocycles. The zero-order valence-corrected chi connectivity index (χ0v) is 12.5. The summed E-state index contributed by atoms with van der Waals surface area (Å²) in [6, 6.07) is 4.35. The quantitative estimate of drug-likeness (QED) is 0.929. The summed E-state index contributed by atoms with van der Waals surface area (Å²) in [5.74, 6) is -0.712. The standard InChI is InChI=1S/C13H17BrFNO2/c1-8(12(17)16-13(2,3)4)18-11-7-9(14)5-6-10(11)15/h5-8H,1-4H3,(H,16,17). The number of nitrogens with one attached hydrogen (secondary N) is 1. The van der Waals surface area contributed by atoms with Crippen LogP contribution in [-0.4, -0.2) is 17.6 Å². The van der Waals surface area contributed by atoms with Gasteiger partial charge in [0.25, 0.3) is 5.91 Å². The number of carbonyl (C=O) groups excluding carboxylic acids is 1. The van der Waals surface area contributed by atoms with Crippen molar-refractivity contribution in [1.82, 2.24) is 5.32 Å². The molecule has 0 saturated heterocycles. The first-order valence-electron chi connectivity index (χ1n) is 5.63. The number of amides is 1. The summed E-state index contributed by atoms with van der Waals surface area (Å²) in [6.07, 6.45) is -0.756. The fraction of sp³-hybridized carbons (Fsp3) is 0.462. The van der Waals surface area contributed by atoms with Crippen molar-refractivity contribution in [1.29, 1.82) is 0 Å². The van der Waals surface area contributed by atoms with E-state index in [4.69, 9.17) is 4.74 Å². The molecule has 0 saturated carbocycles. The van der Waals surface area contributed by atoms with E-state index in [0.717, 1.165) is 0 Å². The lowest BCUT2D eigenvalue weighted by molar-refractivity contribution is -0.128. The monoisotopic (exact) mass is 317 g/mol. The number of halogens is 2. The maximum Gasteiger partial charge on any atom is 0.261 e. The van der Waals surface area contributed by atoms with Crippen LogP contribution < -0.4 is 10.1 Å². The second kappa shape index (κ2) is 5.69. The molecular weight excluding hydrogens is 301 g/mol. The molecule has 1 amide bonds. The Kier molecular flexibility index (Phi) is 4.73. The third kappa shape index (κ3) is 4.64. The maximum atomic E-state index is 13.5. The summed E-state index contributed by atoms with van der Waals surface area (Å²) < 4.78 is 19.5. The Morgan fingerprint density at radius 1 is 1.44 bits per heavy atom. The first kappa shape index (κ1) is 15.0. The van der Waals surface area contributed by atoms with Crippen molar-refractivity contribution in [2.24, 2.45) is 0 Å². The van der Waals surface area contributed by atoms with Crippen LogP contribution in [0.4, 0.5) is 4.39 Å². The van der Waals surface area contributed by atoms with Gasteiger partial charge < -0.3 is 10.1 Å². The molecule has 1 rings (SSSR count). The number of hydrogen-bond acceptors (Lipinski definition) is 2. The Hall–Kier alpha value is -1.10. The topological polar surface area (TPSA) is 38.3 Å². The van der Waals surface area contributed by atoms with E-state index < -0.39 is 11.9 Å². The van der Waals surface area contributed by atoms with Crippen molar-refractivity contribution in [3.63, 3.8) is 0 Å². The van der Waals surface area contributed by atoms with Crippen LogP contribution in [0.1, 0.15) is 27.7 Å². The lowest BCUT2D eigenvalue weighted by Crippen LogP contribution is -2.46. The number of benzene rings is 1. The van der Waals surface area contributed by atoms with E-state index in [1.54, 1.807) is 13.0 Å². The summed E-state index contributed by atoms with van der Waals surface area (Å²) >= 11 is 3.22.